The monoisotopic (exact) mass is 407 g/mol. The fourth-order valence-electron chi connectivity index (χ4n) is 2.12. The molecule has 2 rings (SSSR count). The molecule has 0 aliphatic heterocycles. The van der Waals surface area contributed by atoms with E-state index in [0.717, 1.165) is 11.3 Å². The molecular formula is C20H19Cl2NO4. The van der Waals surface area contributed by atoms with Crippen molar-refractivity contribution in [3.63, 3.8) is 0 Å². The third-order valence-corrected chi connectivity index (χ3v) is 4.11. The Morgan fingerprint density at radius 1 is 1.11 bits per heavy atom. The molecule has 0 saturated heterocycles. The van der Waals surface area contributed by atoms with E-state index in [9.17, 15) is 9.59 Å². The van der Waals surface area contributed by atoms with Crippen molar-refractivity contribution in [1.29, 1.82) is 0 Å². The van der Waals surface area contributed by atoms with Gasteiger partial charge in [-0.2, -0.15) is 0 Å². The van der Waals surface area contributed by atoms with Crippen molar-refractivity contribution >= 4 is 46.8 Å². The van der Waals surface area contributed by atoms with Crippen LogP contribution in [0.2, 0.25) is 10.0 Å². The minimum Gasteiger partial charge on any atom is -0.494 e. The molecule has 1 amide bonds. The van der Waals surface area contributed by atoms with Crippen LogP contribution in [0.15, 0.2) is 48.5 Å². The molecule has 0 aromatic heterocycles. The third-order valence-electron chi connectivity index (χ3n) is 3.48. The molecule has 1 atom stereocenters. The zero-order valence-corrected chi connectivity index (χ0v) is 16.4. The Morgan fingerprint density at radius 2 is 1.74 bits per heavy atom. The molecule has 1 N–H and O–H groups in total. The van der Waals surface area contributed by atoms with Gasteiger partial charge in [-0.15, -0.1) is 0 Å². The summed E-state index contributed by atoms with van der Waals surface area (Å²) in [4.78, 5) is 24.1. The molecule has 2 aromatic rings. The standard InChI is InChI=1S/C20H19Cl2NO4/c1-3-26-15-10-7-14(8-11-15)9-12-18(24)27-13(2)20(25)23-19-16(21)5-4-6-17(19)22/h4-13H,3H2,1-2H3,(H,23,25)/b12-9+/t13-/m0/s1. The molecule has 0 spiro atoms. The zero-order valence-electron chi connectivity index (χ0n) is 14.9. The molecule has 5 nitrogen and oxygen atoms in total. The van der Waals surface area contributed by atoms with E-state index in [4.69, 9.17) is 32.7 Å². The van der Waals surface area contributed by atoms with E-state index in [-0.39, 0.29) is 5.69 Å². The highest BCUT2D eigenvalue weighted by Gasteiger charge is 2.19. The minimum atomic E-state index is -1.02. The van der Waals surface area contributed by atoms with Crippen LogP contribution in [-0.4, -0.2) is 24.6 Å². The van der Waals surface area contributed by atoms with E-state index in [1.807, 2.05) is 19.1 Å². The molecule has 7 heteroatoms. The number of hydrogen-bond donors (Lipinski definition) is 1. The summed E-state index contributed by atoms with van der Waals surface area (Å²) < 4.78 is 10.5. The first-order valence-electron chi connectivity index (χ1n) is 8.27. The molecule has 142 valence electrons. The summed E-state index contributed by atoms with van der Waals surface area (Å²) in [6, 6.07) is 12.1. The summed E-state index contributed by atoms with van der Waals surface area (Å²) in [5, 5.41) is 3.15. The normalized spacial score (nSPS) is 11.9. The predicted molar refractivity (Wildman–Crippen MR) is 107 cm³/mol. The number of para-hydroxylation sites is 1. The molecular weight excluding hydrogens is 389 g/mol. The minimum absolute atomic E-state index is 0.277. The molecule has 0 heterocycles. The van der Waals surface area contributed by atoms with Gasteiger partial charge in [-0.1, -0.05) is 41.4 Å². The van der Waals surface area contributed by atoms with Crippen molar-refractivity contribution in [2.45, 2.75) is 20.0 Å². The van der Waals surface area contributed by atoms with Gasteiger partial charge in [-0.05, 0) is 49.8 Å². The average molecular weight is 408 g/mol. The zero-order chi connectivity index (χ0) is 19.8. The van der Waals surface area contributed by atoms with E-state index in [2.05, 4.69) is 5.32 Å². The summed E-state index contributed by atoms with van der Waals surface area (Å²) in [6.45, 7) is 3.95. The first-order valence-corrected chi connectivity index (χ1v) is 9.02. The number of esters is 1. The quantitative estimate of drug-likeness (QED) is 0.519. The van der Waals surface area contributed by atoms with E-state index in [1.165, 1.54) is 13.0 Å². The van der Waals surface area contributed by atoms with Gasteiger partial charge in [0.1, 0.15) is 5.75 Å². The number of amides is 1. The lowest BCUT2D eigenvalue weighted by Gasteiger charge is -2.14. The number of hydrogen-bond acceptors (Lipinski definition) is 4. The predicted octanol–water partition coefficient (Wildman–Crippen LogP) is 4.98. The lowest BCUT2D eigenvalue weighted by molar-refractivity contribution is -0.148. The SMILES string of the molecule is CCOc1ccc(/C=C/C(=O)O[C@@H](C)C(=O)Nc2c(Cl)cccc2Cl)cc1. The Kier molecular flexibility index (Phi) is 7.70. The number of ether oxygens (including phenoxy) is 2. The summed E-state index contributed by atoms with van der Waals surface area (Å²) in [5.41, 5.74) is 1.08. The van der Waals surface area contributed by atoms with E-state index < -0.39 is 18.0 Å². The van der Waals surface area contributed by atoms with Crippen LogP contribution in [0, 0.1) is 0 Å². The molecule has 0 unspecified atom stereocenters. The van der Waals surface area contributed by atoms with Crippen LogP contribution in [0.5, 0.6) is 5.75 Å². The molecule has 27 heavy (non-hydrogen) atoms. The highest BCUT2D eigenvalue weighted by Crippen LogP contribution is 2.29. The lowest BCUT2D eigenvalue weighted by atomic mass is 10.2. The molecule has 0 aliphatic rings. The third kappa shape index (κ3) is 6.31. The molecule has 0 saturated carbocycles. The number of rotatable bonds is 7. The van der Waals surface area contributed by atoms with Crippen LogP contribution in [0.3, 0.4) is 0 Å². The maximum Gasteiger partial charge on any atom is 0.331 e. The highest BCUT2D eigenvalue weighted by molar-refractivity contribution is 6.39. The van der Waals surface area contributed by atoms with Gasteiger partial charge in [0.15, 0.2) is 6.10 Å². The van der Waals surface area contributed by atoms with Gasteiger partial charge in [0.25, 0.3) is 5.91 Å². The molecule has 2 aromatic carbocycles. The molecule has 0 fully saturated rings. The first-order chi connectivity index (χ1) is 12.9. The number of anilines is 1. The summed E-state index contributed by atoms with van der Waals surface area (Å²) in [5.74, 6) is -0.426. The van der Waals surface area contributed by atoms with Crippen molar-refractivity contribution in [1.82, 2.24) is 0 Å². The Balaban J connectivity index is 1.91. The topological polar surface area (TPSA) is 64.6 Å². The number of carbonyl (C=O) groups is 2. The fraction of sp³-hybridized carbons (Fsp3) is 0.200. The van der Waals surface area contributed by atoms with E-state index in [0.29, 0.717) is 16.7 Å². The lowest BCUT2D eigenvalue weighted by Crippen LogP contribution is -2.29. The maximum atomic E-state index is 12.2. The van der Waals surface area contributed by atoms with Gasteiger partial charge in [0, 0.05) is 6.08 Å². The molecule has 0 radical (unpaired) electrons. The van der Waals surface area contributed by atoms with Crippen LogP contribution in [0.25, 0.3) is 6.08 Å². The van der Waals surface area contributed by atoms with Gasteiger partial charge in [-0.3, -0.25) is 4.79 Å². The molecule has 0 aliphatic carbocycles. The van der Waals surface area contributed by atoms with E-state index in [1.54, 1.807) is 36.4 Å². The number of carbonyl (C=O) groups excluding carboxylic acids is 2. The summed E-state index contributed by atoms with van der Waals surface area (Å²) in [6.07, 6.45) is 1.82. The fourth-order valence-corrected chi connectivity index (χ4v) is 2.61. The van der Waals surface area contributed by atoms with Crippen molar-refractivity contribution in [2.24, 2.45) is 0 Å². The van der Waals surface area contributed by atoms with E-state index >= 15 is 0 Å². The van der Waals surface area contributed by atoms with Gasteiger partial charge in [0.05, 0.1) is 22.3 Å². The van der Waals surface area contributed by atoms with Crippen LogP contribution in [-0.2, 0) is 14.3 Å². The number of benzene rings is 2. The van der Waals surface area contributed by atoms with Gasteiger partial charge < -0.3 is 14.8 Å². The Bertz CT molecular complexity index is 814. The van der Waals surface area contributed by atoms with Crippen LogP contribution in [0.4, 0.5) is 5.69 Å². The van der Waals surface area contributed by atoms with Crippen LogP contribution in [0.1, 0.15) is 19.4 Å². The largest absolute Gasteiger partial charge is 0.494 e. The number of halogens is 2. The second-order valence-electron chi connectivity index (χ2n) is 5.50. The second kappa shape index (κ2) is 10.00. The van der Waals surface area contributed by atoms with Crippen LogP contribution < -0.4 is 10.1 Å². The number of nitrogens with one attached hydrogen (secondary N) is 1. The smallest absolute Gasteiger partial charge is 0.331 e. The van der Waals surface area contributed by atoms with Crippen molar-refractivity contribution in [3.8, 4) is 5.75 Å². The Labute approximate surface area is 167 Å². The maximum absolute atomic E-state index is 12.2. The van der Waals surface area contributed by atoms with Gasteiger partial charge in [-0.25, -0.2) is 4.79 Å². The van der Waals surface area contributed by atoms with Crippen LogP contribution >= 0.6 is 23.2 Å². The summed E-state index contributed by atoms with van der Waals surface area (Å²) >= 11 is 12.0. The van der Waals surface area contributed by atoms with Crippen molar-refractivity contribution in [3.05, 3.63) is 64.1 Å². The second-order valence-corrected chi connectivity index (χ2v) is 6.31. The van der Waals surface area contributed by atoms with Gasteiger partial charge >= 0.3 is 5.97 Å². The van der Waals surface area contributed by atoms with Crippen molar-refractivity contribution < 1.29 is 19.1 Å². The Morgan fingerprint density at radius 3 is 2.33 bits per heavy atom. The van der Waals surface area contributed by atoms with Crippen molar-refractivity contribution in [2.75, 3.05) is 11.9 Å². The Hall–Kier alpha value is -2.50. The summed E-state index contributed by atoms with van der Waals surface area (Å²) in [7, 11) is 0. The van der Waals surface area contributed by atoms with Gasteiger partial charge in [0.2, 0.25) is 0 Å². The first kappa shape index (κ1) is 20.8. The average Bonchev–Trinajstić information content (AvgIpc) is 2.64. The highest BCUT2D eigenvalue weighted by atomic mass is 35.5. The molecule has 0 bridgehead atoms.